The predicted octanol–water partition coefficient (Wildman–Crippen LogP) is 2.92. The molecule has 0 radical (unpaired) electrons. The molecule has 106 valence electrons. The number of aromatic nitrogens is 2. The van der Waals surface area contributed by atoms with Gasteiger partial charge in [-0.1, -0.05) is 6.92 Å². The molecule has 19 heavy (non-hydrogen) atoms. The highest BCUT2D eigenvalue weighted by Gasteiger charge is 2.23. The van der Waals surface area contributed by atoms with Gasteiger partial charge in [0.25, 0.3) is 0 Å². The minimum atomic E-state index is 0.312. The van der Waals surface area contributed by atoms with Crippen LogP contribution in [-0.2, 0) is 10.6 Å². The van der Waals surface area contributed by atoms with Crippen LogP contribution in [0.3, 0.4) is 0 Å². The summed E-state index contributed by atoms with van der Waals surface area (Å²) in [6.07, 6.45) is 5.49. The molecule has 0 aromatic carbocycles. The first-order valence-electron chi connectivity index (χ1n) is 6.99. The van der Waals surface area contributed by atoms with Gasteiger partial charge in [0.15, 0.2) is 0 Å². The standard InChI is InChI=1S/C14H22ClN3O/c1-3-7-19-13-5-4-6-18(10-13)14-12(8-15)9-16-11(2)17-14/h9,13H,3-8,10H2,1-2H3. The number of hydrogen-bond acceptors (Lipinski definition) is 4. The lowest BCUT2D eigenvalue weighted by Gasteiger charge is -2.34. The van der Waals surface area contributed by atoms with Crippen LogP contribution in [0.1, 0.15) is 37.6 Å². The maximum Gasteiger partial charge on any atom is 0.136 e. The normalized spacial score (nSPS) is 19.7. The van der Waals surface area contributed by atoms with E-state index in [-0.39, 0.29) is 0 Å². The molecule has 1 saturated heterocycles. The number of alkyl halides is 1. The van der Waals surface area contributed by atoms with Gasteiger partial charge in [-0.05, 0) is 26.2 Å². The van der Waals surface area contributed by atoms with Crippen molar-refractivity contribution in [3.8, 4) is 0 Å². The summed E-state index contributed by atoms with van der Waals surface area (Å²) < 4.78 is 5.87. The monoisotopic (exact) mass is 283 g/mol. The van der Waals surface area contributed by atoms with Crippen molar-refractivity contribution in [1.29, 1.82) is 0 Å². The van der Waals surface area contributed by atoms with Crippen LogP contribution in [0.25, 0.3) is 0 Å². The second-order valence-corrected chi connectivity index (χ2v) is 5.25. The van der Waals surface area contributed by atoms with E-state index in [0.717, 1.165) is 56.2 Å². The average Bonchev–Trinajstić information content (AvgIpc) is 2.45. The van der Waals surface area contributed by atoms with Gasteiger partial charge in [0.05, 0.1) is 12.0 Å². The van der Waals surface area contributed by atoms with Crippen LogP contribution in [0.5, 0.6) is 0 Å². The Hall–Kier alpha value is -0.870. The highest BCUT2D eigenvalue weighted by molar-refractivity contribution is 6.17. The van der Waals surface area contributed by atoms with Crippen molar-refractivity contribution in [2.24, 2.45) is 0 Å². The van der Waals surface area contributed by atoms with E-state index < -0.39 is 0 Å². The van der Waals surface area contributed by atoms with Crippen LogP contribution in [0.4, 0.5) is 5.82 Å². The molecule has 0 bridgehead atoms. The Labute approximate surface area is 120 Å². The molecule has 5 heteroatoms. The Bertz CT molecular complexity index is 414. The van der Waals surface area contributed by atoms with E-state index in [0.29, 0.717) is 12.0 Å². The lowest BCUT2D eigenvalue weighted by atomic mass is 10.1. The Morgan fingerprint density at radius 2 is 2.37 bits per heavy atom. The second kappa shape index (κ2) is 7.06. The lowest BCUT2D eigenvalue weighted by Crippen LogP contribution is -2.40. The van der Waals surface area contributed by atoms with Crippen molar-refractivity contribution in [3.63, 3.8) is 0 Å². The van der Waals surface area contributed by atoms with Crippen molar-refractivity contribution in [2.75, 3.05) is 24.6 Å². The highest BCUT2D eigenvalue weighted by Crippen LogP contribution is 2.24. The molecule has 1 aliphatic rings. The summed E-state index contributed by atoms with van der Waals surface area (Å²) in [5.74, 6) is 2.22. The van der Waals surface area contributed by atoms with Gasteiger partial charge in [-0.3, -0.25) is 0 Å². The van der Waals surface area contributed by atoms with Gasteiger partial charge in [0.1, 0.15) is 11.6 Å². The van der Waals surface area contributed by atoms with Crippen molar-refractivity contribution in [3.05, 3.63) is 17.6 Å². The van der Waals surface area contributed by atoms with Crippen LogP contribution in [0.2, 0.25) is 0 Å². The minimum Gasteiger partial charge on any atom is -0.376 e. The number of halogens is 1. The van der Waals surface area contributed by atoms with Gasteiger partial charge in [-0.15, -0.1) is 11.6 Å². The number of ether oxygens (including phenoxy) is 1. The predicted molar refractivity (Wildman–Crippen MR) is 77.8 cm³/mol. The first kappa shape index (κ1) is 14.5. The fourth-order valence-corrected chi connectivity index (χ4v) is 2.59. The zero-order valence-electron chi connectivity index (χ0n) is 11.7. The summed E-state index contributed by atoms with van der Waals surface area (Å²) in [5.41, 5.74) is 1.00. The third-order valence-corrected chi connectivity index (χ3v) is 3.63. The minimum absolute atomic E-state index is 0.312. The smallest absolute Gasteiger partial charge is 0.136 e. The van der Waals surface area contributed by atoms with Gasteiger partial charge in [-0.2, -0.15) is 0 Å². The first-order valence-corrected chi connectivity index (χ1v) is 7.53. The maximum absolute atomic E-state index is 5.99. The van der Waals surface area contributed by atoms with Gasteiger partial charge in [0.2, 0.25) is 0 Å². The zero-order chi connectivity index (χ0) is 13.7. The number of hydrogen-bond donors (Lipinski definition) is 0. The van der Waals surface area contributed by atoms with Crippen LogP contribution < -0.4 is 4.90 Å². The summed E-state index contributed by atoms with van der Waals surface area (Å²) in [5, 5.41) is 0. The molecule has 0 spiro atoms. The van der Waals surface area contributed by atoms with Crippen LogP contribution in [-0.4, -0.2) is 35.8 Å². The van der Waals surface area contributed by atoms with E-state index in [9.17, 15) is 0 Å². The fourth-order valence-electron chi connectivity index (χ4n) is 2.40. The lowest BCUT2D eigenvalue weighted by molar-refractivity contribution is 0.0439. The molecular formula is C14H22ClN3O. The van der Waals surface area contributed by atoms with Crippen molar-refractivity contribution in [2.45, 2.75) is 45.1 Å². The van der Waals surface area contributed by atoms with E-state index in [4.69, 9.17) is 16.3 Å². The summed E-state index contributed by atoms with van der Waals surface area (Å²) in [7, 11) is 0. The van der Waals surface area contributed by atoms with E-state index in [1.807, 2.05) is 13.1 Å². The highest BCUT2D eigenvalue weighted by atomic mass is 35.5. The Kier molecular flexibility index (Phi) is 5.40. The van der Waals surface area contributed by atoms with Crippen LogP contribution >= 0.6 is 11.6 Å². The zero-order valence-corrected chi connectivity index (χ0v) is 12.5. The Balaban J connectivity index is 2.10. The van der Waals surface area contributed by atoms with E-state index in [1.165, 1.54) is 0 Å². The third kappa shape index (κ3) is 3.80. The molecule has 1 atom stereocenters. The quantitative estimate of drug-likeness (QED) is 0.779. The second-order valence-electron chi connectivity index (χ2n) is 4.98. The van der Waals surface area contributed by atoms with Crippen LogP contribution in [0.15, 0.2) is 6.20 Å². The molecule has 0 saturated carbocycles. The third-order valence-electron chi connectivity index (χ3n) is 3.34. The number of nitrogens with zero attached hydrogens (tertiary/aromatic N) is 3. The number of aryl methyl sites for hydroxylation is 1. The summed E-state index contributed by atoms with van der Waals surface area (Å²) >= 11 is 5.99. The maximum atomic E-state index is 5.99. The Morgan fingerprint density at radius 1 is 1.53 bits per heavy atom. The number of piperidine rings is 1. The molecular weight excluding hydrogens is 262 g/mol. The van der Waals surface area contributed by atoms with Crippen molar-refractivity contribution in [1.82, 2.24) is 9.97 Å². The molecule has 1 fully saturated rings. The van der Waals surface area contributed by atoms with Crippen molar-refractivity contribution < 1.29 is 4.74 Å². The summed E-state index contributed by atoms with van der Waals surface area (Å²) in [6, 6.07) is 0. The summed E-state index contributed by atoms with van der Waals surface area (Å²) in [6.45, 7) is 6.81. The van der Waals surface area contributed by atoms with Gasteiger partial charge in [-0.25, -0.2) is 9.97 Å². The first-order chi connectivity index (χ1) is 9.24. The molecule has 1 aliphatic heterocycles. The molecule has 0 aliphatic carbocycles. The SMILES string of the molecule is CCCOC1CCCN(c2nc(C)ncc2CCl)C1. The largest absolute Gasteiger partial charge is 0.376 e. The fraction of sp³-hybridized carbons (Fsp3) is 0.714. The van der Waals surface area contributed by atoms with E-state index in [1.54, 1.807) is 0 Å². The Morgan fingerprint density at radius 3 is 3.11 bits per heavy atom. The summed E-state index contributed by atoms with van der Waals surface area (Å²) in [4.78, 5) is 11.1. The molecule has 2 rings (SSSR count). The topological polar surface area (TPSA) is 38.2 Å². The number of rotatable bonds is 5. The van der Waals surface area contributed by atoms with Gasteiger partial charge >= 0.3 is 0 Å². The average molecular weight is 284 g/mol. The number of anilines is 1. The molecule has 1 unspecified atom stereocenters. The molecule has 4 nitrogen and oxygen atoms in total. The van der Waals surface area contributed by atoms with Gasteiger partial charge in [0, 0.05) is 31.5 Å². The molecule has 0 N–H and O–H groups in total. The van der Waals surface area contributed by atoms with Crippen molar-refractivity contribution >= 4 is 17.4 Å². The molecule has 1 aromatic rings. The van der Waals surface area contributed by atoms with Gasteiger partial charge < -0.3 is 9.64 Å². The van der Waals surface area contributed by atoms with E-state index in [2.05, 4.69) is 21.8 Å². The molecule has 0 amide bonds. The van der Waals surface area contributed by atoms with Crippen LogP contribution in [0, 0.1) is 6.92 Å². The molecule has 2 heterocycles. The molecule has 1 aromatic heterocycles. The van der Waals surface area contributed by atoms with E-state index >= 15 is 0 Å².